The maximum absolute atomic E-state index is 11.5. The lowest BCUT2D eigenvalue weighted by atomic mass is 9.84. The van der Waals surface area contributed by atoms with Crippen molar-refractivity contribution in [3.8, 4) is 0 Å². The molecule has 3 heterocycles. The Morgan fingerprint density at radius 3 is 2.89 bits per heavy atom. The molecule has 2 aliphatic rings. The summed E-state index contributed by atoms with van der Waals surface area (Å²) in [5.74, 6) is 0.304. The molecule has 0 radical (unpaired) electrons. The summed E-state index contributed by atoms with van der Waals surface area (Å²) >= 11 is 3.44. The van der Waals surface area contributed by atoms with Gasteiger partial charge in [0.1, 0.15) is 4.60 Å². The Bertz CT molecular complexity index is 485. The number of nitrogens with one attached hydrogen (secondary N) is 1. The molecule has 2 N–H and O–H groups in total. The number of aromatic amines is 1. The Kier molecular flexibility index (Phi) is 3.49. The smallest absolute Gasteiger partial charge is 0.407 e. The fraction of sp³-hybridized carbons (Fsp3) is 0.667. The Morgan fingerprint density at radius 1 is 1.47 bits per heavy atom. The lowest BCUT2D eigenvalue weighted by molar-refractivity contribution is 0.0232. The minimum atomic E-state index is -0.852. The molecule has 1 fully saturated rings. The molecule has 0 bridgehead atoms. The van der Waals surface area contributed by atoms with Gasteiger partial charge in [0.2, 0.25) is 0 Å². The van der Waals surface area contributed by atoms with E-state index >= 15 is 0 Å². The molecule has 1 saturated heterocycles. The number of rotatable bonds is 1. The van der Waals surface area contributed by atoms with Crippen LogP contribution in [-0.4, -0.2) is 46.1 Å². The molecule has 1 atom stereocenters. The molecule has 19 heavy (non-hydrogen) atoms. The average molecular weight is 330 g/mol. The van der Waals surface area contributed by atoms with Crippen molar-refractivity contribution in [2.75, 3.05) is 19.8 Å². The Morgan fingerprint density at radius 2 is 2.21 bits per heavy atom. The lowest BCUT2D eigenvalue weighted by Gasteiger charge is -2.40. The molecule has 1 amide bonds. The van der Waals surface area contributed by atoms with E-state index in [0.717, 1.165) is 28.7 Å². The summed E-state index contributed by atoms with van der Waals surface area (Å²) in [7, 11) is 0. The average Bonchev–Trinajstić information content (AvgIpc) is 2.80. The van der Waals surface area contributed by atoms with Crippen LogP contribution in [0.15, 0.2) is 4.60 Å². The van der Waals surface area contributed by atoms with E-state index in [4.69, 9.17) is 4.74 Å². The van der Waals surface area contributed by atoms with Crippen LogP contribution in [0.2, 0.25) is 0 Å². The zero-order chi connectivity index (χ0) is 13.4. The largest absolute Gasteiger partial charge is 0.465 e. The molecule has 1 unspecified atom stereocenters. The van der Waals surface area contributed by atoms with Gasteiger partial charge in [-0.2, -0.15) is 5.10 Å². The number of hydrogen-bond acceptors (Lipinski definition) is 3. The van der Waals surface area contributed by atoms with Crippen LogP contribution in [0.4, 0.5) is 4.79 Å². The first-order valence-electron chi connectivity index (χ1n) is 6.48. The molecule has 104 valence electrons. The SMILES string of the molecule is O=C(O)N1CCc2[nH]nc(Br)c2C1C1CCOCC1. The predicted molar refractivity (Wildman–Crippen MR) is 71.0 cm³/mol. The summed E-state index contributed by atoms with van der Waals surface area (Å²) in [5, 5.41) is 16.6. The van der Waals surface area contributed by atoms with Crippen LogP contribution in [-0.2, 0) is 11.2 Å². The quantitative estimate of drug-likeness (QED) is 0.827. The molecule has 2 aliphatic heterocycles. The van der Waals surface area contributed by atoms with E-state index in [1.807, 2.05) is 0 Å². The summed E-state index contributed by atoms with van der Waals surface area (Å²) in [6, 6.07) is -0.113. The van der Waals surface area contributed by atoms with Crippen LogP contribution in [0.1, 0.15) is 30.1 Å². The monoisotopic (exact) mass is 329 g/mol. The number of aromatic nitrogens is 2. The van der Waals surface area contributed by atoms with Crippen LogP contribution in [0.5, 0.6) is 0 Å². The van der Waals surface area contributed by atoms with E-state index in [1.54, 1.807) is 4.90 Å². The number of halogens is 1. The normalized spacial score (nSPS) is 24.3. The number of carboxylic acid groups (broad SMARTS) is 1. The molecule has 3 rings (SSSR count). The summed E-state index contributed by atoms with van der Waals surface area (Å²) in [5.41, 5.74) is 2.07. The van der Waals surface area contributed by atoms with E-state index in [9.17, 15) is 9.90 Å². The number of hydrogen-bond donors (Lipinski definition) is 2. The van der Waals surface area contributed by atoms with E-state index < -0.39 is 6.09 Å². The fourth-order valence-electron chi connectivity index (χ4n) is 3.12. The summed E-state index contributed by atoms with van der Waals surface area (Å²) in [4.78, 5) is 13.1. The van der Waals surface area contributed by atoms with Crippen molar-refractivity contribution in [2.24, 2.45) is 5.92 Å². The van der Waals surface area contributed by atoms with E-state index in [-0.39, 0.29) is 6.04 Å². The molecular formula is C12H16BrN3O3. The third-order valence-corrected chi connectivity index (χ3v) is 4.63. The van der Waals surface area contributed by atoms with Gasteiger partial charge < -0.3 is 14.7 Å². The first-order valence-corrected chi connectivity index (χ1v) is 7.27. The lowest BCUT2D eigenvalue weighted by Crippen LogP contribution is -2.43. The van der Waals surface area contributed by atoms with Crippen LogP contribution in [0.3, 0.4) is 0 Å². The number of nitrogens with zero attached hydrogens (tertiary/aromatic N) is 2. The Labute approximate surface area is 119 Å². The van der Waals surface area contributed by atoms with Gasteiger partial charge in [0.05, 0.1) is 6.04 Å². The highest BCUT2D eigenvalue weighted by Crippen LogP contribution is 2.41. The molecule has 0 saturated carbocycles. The van der Waals surface area contributed by atoms with Crippen molar-refractivity contribution in [3.05, 3.63) is 15.9 Å². The van der Waals surface area contributed by atoms with Gasteiger partial charge in [0.15, 0.2) is 0 Å². The van der Waals surface area contributed by atoms with Crippen molar-refractivity contribution < 1.29 is 14.6 Å². The van der Waals surface area contributed by atoms with E-state index in [1.165, 1.54) is 0 Å². The number of fused-ring (bicyclic) bond motifs is 1. The number of ether oxygens (including phenoxy) is 1. The van der Waals surface area contributed by atoms with Gasteiger partial charge in [-0.1, -0.05) is 0 Å². The predicted octanol–water partition coefficient (Wildman–Crippen LogP) is 2.18. The topological polar surface area (TPSA) is 78.5 Å². The van der Waals surface area contributed by atoms with Gasteiger partial charge in [-0.3, -0.25) is 5.10 Å². The van der Waals surface area contributed by atoms with E-state index in [0.29, 0.717) is 32.1 Å². The molecule has 1 aromatic rings. The molecule has 0 aromatic carbocycles. The molecule has 6 nitrogen and oxygen atoms in total. The summed E-state index contributed by atoms with van der Waals surface area (Å²) in [6.07, 6.45) is 1.63. The fourth-order valence-corrected chi connectivity index (χ4v) is 3.68. The first-order chi connectivity index (χ1) is 9.18. The second-order valence-corrected chi connectivity index (χ2v) is 5.78. The number of amides is 1. The highest BCUT2D eigenvalue weighted by Gasteiger charge is 2.39. The molecule has 0 aliphatic carbocycles. The number of H-pyrrole nitrogens is 1. The molecule has 0 spiro atoms. The van der Waals surface area contributed by atoms with Gasteiger partial charge in [-0.25, -0.2) is 4.79 Å². The summed E-state index contributed by atoms with van der Waals surface area (Å²) < 4.78 is 6.13. The van der Waals surface area contributed by atoms with Crippen molar-refractivity contribution in [1.29, 1.82) is 0 Å². The summed E-state index contributed by atoms with van der Waals surface area (Å²) in [6.45, 7) is 1.94. The minimum Gasteiger partial charge on any atom is -0.465 e. The standard InChI is InChI=1S/C12H16BrN3O3/c13-11-9-8(14-15-11)1-4-16(12(17)18)10(9)7-2-5-19-6-3-7/h7,10H,1-6H2,(H,14,15)(H,17,18). The Hall–Kier alpha value is -1.08. The van der Waals surface area contributed by atoms with Gasteiger partial charge in [0, 0.05) is 37.4 Å². The highest BCUT2D eigenvalue weighted by atomic mass is 79.9. The maximum Gasteiger partial charge on any atom is 0.407 e. The molecule has 1 aromatic heterocycles. The van der Waals surface area contributed by atoms with Crippen molar-refractivity contribution >= 4 is 22.0 Å². The minimum absolute atomic E-state index is 0.113. The maximum atomic E-state index is 11.5. The van der Waals surface area contributed by atoms with Gasteiger partial charge >= 0.3 is 6.09 Å². The molecular weight excluding hydrogens is 314 g/mol. The van der Waals surface area contributed by atoms with Crippen LogP contribution >= 0.6 is 15.9 Å². The second-order valence-electron chi connectivity index (χ2n) is 5.03. The first kappa shape index (κ1) is 12.9. The molecule has 7 heteroatoms. The number of carbonyl (C=O) groups is 1. The van der Waals surface area contributed by atoms with Crippen molar-refractivity contribution in [3.63, 3.8) is 0 Å². The van der Waals surface area contributed by atoms with Crippen molar-refractivity contribution in [1.82, 2.24) is 15.1 Å². The highest BCUT2D eigenvalue weighted by molar-refractivity contribution is 9.10. The zero-order valence-corrected chi connectivity index (χ0v) is 12.0. The van der Waals surface area contributed by atoms with Crippen LogP contribution in [0.25, 0.3) is 0 Å². The second kappa shape index (κ2) is 5.13. The zero-order valence-electron chi connectivity index (χ0n) is 10.4. The van der Waals surface area contributed by atoms with Gasteiger partial charge in [0.25, 0.3) is 0 Å². The Balaban J connectivity index is 1.98. The van der Waals surface area contributed by atoms with Crippen LogP contribution < -0.4 is 0 Å². The van der Waals surface area contributed by atoms with Crippen molar-refractivity contribution in [2.45, 2.75) is 25.3 Å². The van der Waals surface area contributed by atoms with E-state index in [2.05, 4.69) is 26.1 Å². The third-order valence-electron chi connectivity index (χ3n) is 4.03. The van der Waals surface area contributed by atoms with Gasteiger partial charge in [-0.15, -0.1) is 0 Å². The van der Waals surface area contributed by atoms with Crippen LogP contribution in [0, 0.1) is 5.92 Å². The van der Waals surface area contributed by atoms with Gasteiger partial charge in [-0.05, 0) is 34.7 Å². The third kappa shape index (κ3) is 2.25.